The molecule has 3 aromatic rings. The van der Waals surface area contributed by atoms with Crippen LogP contribution in [-0.4, -0.2) is 48.0 Å². The monoisotopic (exact) mass is 551 g/mol. The van der Waals surface area contributed by atoms with Crippen molar-refractivity contribution in [3.8, 4) is 5.75 Å². The Morgan fingerprint density at radius 1 is 1.18 bits per heavy atom. The van der Waals surface area contributed by atoms with E-state index in [1.807, 2.05) is 37.2 Å². The van der Waals surface area contributed by atoms with Crippen molar-refractivity contribution in [2.75, 3.05) is 37.9 Å². The van der Waals surface area contributed by atoms with Gasteiger partial charge in [0.1, 0.15) is 23.7 Å². The average molecular weight is 552 g/mol. The van der Waals surface area contributed by atoms with Crippen molar-refractivity contribution in [2.24, 2.45) is 11.3 Å². The van der Waals surface area contributed by atoms with Crippen LogP contribution in [0.2, 0.25) is 5.02 Å². The Labute approximate surface area is 233 Å². The number of fused-ring (bicyclic) bond motifs is 1. The molecule has 1 spiro atoms. The Hall–Kier alpha value is -3.23. The molecule has 1 amide bonds. The number of hydrogen-bond acceptors (Lipinski definition) is 6. The molecule has 2 aromatic carbocycles. The minimum absolute atomic E-state index is 0.0116. The molecule has 2 N–H and O–H groups in total. The minimum atomic E-state index is -0.496. The minimum Gasteiger partial charge on any atom is -0.491 e. The number of carbonyl (C=O) groups excluding carboxylic acids is 1. The normalized spacial score (nSPS) is 17.1. The van der Waals surface area contributed by atoms with Gasteiger partial charge >= 0.3 is 0 Å². The average Bonchev–Trinajstić information content (AvgIpc) is 2.89. The molecule has 0 saturated heterocycles. The lowest BCUT2D eigenvalue weighted by molar-refractivity contribution is -0.111. The molecule has 206 valence electrons. The molecular weight excluding hydrogens is 517 g/mol. The molecule has 7 nitrogen and oxygen atoms in total. The molecule has 0 radical (unpaired) electrons. The fraction of sp³-hybridized carbons (Fsp3) is 0.433. The summed E-state index contributed by atoms with van der Waals surface area (Å²) in [5.41, 5.74) is 2.32. The molecule has 2 aliphatic rings. The van der Waals surface area contributed by atoms with Gasteiger partial charge in [0.05, 0.1) is 22.8 Å². The smallest absolute Gasteiger partial charge is 0.248 e. The van der Waals surface area contributed by atoms with Crippen molar-refractivity contribution in [3.63, 3.8) is 0 Å². The number of nitrogens with one attached hydrogen (secondary N) is 2. The molecule has 39 heavy (non-hydrogen) atoms. The zero-order valence-electron chi connectivity index (χ0n) is 22.5. The first-order valence-electron chi connectivity index (χ1n) is 13.6. The summed E-state index contributed by atoms with van der Waals surface area (Å²) in [5.74, 6) is 0.863. The van der Waals surface area contributed by atoms with E-state index >= 15 is 0 Å². The van der Waals surface area contributed by atoms with E-state index in [4.69, 9.17) is 16.3 Å². The predicted molar refractivity (Wildman–Crippen MR) is 154 cm³/mol. The van der Waals surface area contributed by atoms with Gasteiger partial charge in [0.2, 0.25) is 5.91 Å². The lowest BCUT2D eigenvalue weighted by Gasteiger charge is -2.50. The Balaban J connectivity index is 1.39. The Bertz CT molecular complexity index is 1360. The van der Waals surface area contributed by atoms with Gasteiger partial charge in [-0.25, -0.2) is 14.4 Å². The van der Waals surface area contributed by atoms with Crippen LogP contribution in [0.3, 0.4) is 0 Å². The Kier molecular flexibility index (Phi) is 8.33. The van der Waals surface area contributed by atoms with Crippen molar-refractivity contribution in [1.29, 1.82) is 0 Å². The van der Waals surface area contributed by atoms with E-state index in [0.29, 0.717) is 58.3 Å². The van der Waals surface area contributed by atoms with Gasteiger partial charge in [-0.05, 0) is 75.4 Å². The second-order valence-corrected chi connectivity index (χ2v) is 11.5. The van der Waals surface area contributed by atoms with Crippen LogP contribution in [0, 0.1) is 17.2 Å². The summed E-state index contributed by atoms with van der Waals surface area (Å²) in [5, 5.41) is 6.86. The highest BCUT2D eigenvalue weighted by atomic mass is 35.5. The number of carbonyl (C=O) groups is 1. The Morgan fingerprint density at radius 2 is 1.97 bits per heavy atom. The van der Waals surface area contributed by atoms with Crippen LogP contribution in [0.1, 0.15) is 44.9 Å². The van der Waals surface area contributed by atoms with Gasteiger partial charge < -0.3 is 20.3 Å². The van der Waals surface area contributed by atoms with E-state index < -0.39 is 5.82 Å². The maximum atomic E-state index is 13.7. The molecule has 0 atom stereocenters. The van der Waals surface area contributed by atoms with Crippen LogP contribution in [0.4, 0.5) is 21.6 Å². The van der Waals surface area contributed by atoms with Crippen molar-refractivity contribution in [3.05, 3.63) is 59.7 Å². The molecule has 0 aliphatic heterocycles. The lowest BCUT2D eigenvalue weighted by Crippen LogP contribution is -2.41. The quantitative estimate of drug-likeness (QED) is 0.280. The highest BCUT2D eigenvalue weighted by Crippen LogP contribution is 2.54. The van der Waals surface area contributed by atoms with Gasteiger partial charge in [-0.3, -0.25) is 4.79 Å². The van der Waals surface area contributed by atoms with E-state index in [1.54, 1.807) is 6.07 Å². The van der Waals surface area contributed by atoms with Gasteiger partial charge in [0.15, 0.2) is 0 Å². The molecule has 1 heterocycles. The van der Waals surface area contributed by atoms with E-state index in [0.717, 1.165) is 0 Å². The van der Waals surface area contributed by atoms with E-state index in [2.05, 4.69) is 20.6 Å². The van der Waals surface area contributed by atoms with Crippen molar-refractivity contribution in [2.45, 2.75) is 44.9 Å². The Morgan fingerprint density at radius 3 is 2.72 bits per heavy atom. The molecule has 2 aliphatic carbocycles. The van der Waals surface area contributed by atoms with Gasteiger partial charge in [-0.1, -0.05) is 36.9 Å². The molecule has 0 unspecified atom stereocenters. The van der Waals surface area contributed by atoms with E-state index in [-0.39, 0.29) is 10.9 Å². The van der Waals surface area contributed by atoms with E-state index in [1.165, 1.54) is 69.5 Å². The van der Waals surface area contributed by atoms with Crippen molar-refractivity contribution >= 4 is 45.6 Å². The largest absolute Gasteiger partial charge is 0.491 e. The number of rotatable bonds is 9. The zero-order valence-corrected chi connectivity index (χ0v) is 23.2. The number of aromatic nitrogens is 2. The first-order valence-corrected chi connectivity index (χ1v) is 13.9. The summed E-state index contributed by atoms with van der Waals surface area (Å²) in [6, 6.07) is 8.04. The lowest BCUT2D eigenvalue weighted by atomic mass is 9.56. The number of likely N-dealkylation sites (N-methyl/N-ethyl adjacent to an activating group) is 1. The third-order valence-electron chi connectivity index (χ3n) is 7.75. The molecule has 5 rings (SSSR count). The molecule has 2 fully saturated rings. The molecule has 9 heteroatoms. The molecule has 1 aromatic heterocycles. The summed E-state index contributed by atoms with van der Waals surface area (Å²) in [6.07, 6.45) is 13.9. The number of amides is 1. The van der Waals surface area contributed by atoms with Crippen LogP contribution in [0.5, 0.6) is 5.75 Å². The van der Waals surface area contributed by atoms with Gasteiger partial charge in [-0.2, -0.15) is 0 Å². The zero-order chi connectivity index (χ0) is 27.4. The number of nitrogens with zero attached hydrogens (tertiary/aromatic N) is 3. The SMILES string of the molecule is CN(C)CC=CC(=O)Nc1cc2c(Nc3ccc(F)c(Cl)c3)ncnc2cc1OCC1CC2(CCCCC2)C1. The van der Waals surface area contributed by atoms with E-state index in [9.17, 15) is 9.18 Å². The van der Waals surface area contributed by atoms with Crippen LogP contribution in [0.15, 0.2) is 48.8 Å². The van der Waals surface area contributed by atoms with Gasteiger partial charge in [0.25, 0.3) is 0 Å². The third-order valence-corrected chi connectivity index (χ3v) is 8.04. The number of anilines is 3. The topological polar surface area (TPSA) is 79.4 Å². The summed E-state index contributed by atoms with van der Waals surface area (Å²) >= 11 is 5.97. The summed E-state index contributed by atoms with van der Waals surface area (Å²) < 4.78 is 20.0. The van der Waals surface area contributed by atoms with Gasteiger partial charge in [0, 0.05) is 29.8 Å². The molecule has 0 bridgehead atoms. The number of benzene rings is 2. The van der Waals surface area contributed by atoms with Crippen LogP contribution < -0.4 is 15.4 Å². The first kappa shape index (κ1) is 27.3. The molecular formula is C30H35ClFN5O2. The first-order chi connectivity index (χ1) is 18.8. The maximum absolute atomic E-state index is 13.7. The highest BCUT2D eigenvalue weighted by Gasteiger charge is 2.44. The highest BCUT2D eigenvalue weighted by molar-refractivity contribution is 6.31. The van der Waals surface area contributed by atoms with Gasteiger partial charge in [-0.15, -0.1) is 0 Å². The van der Waals surface area contributed by atoms with Crippen molar-refractivity contribution in [1.82, 2.24) is 14.9 Å². The van der Waals surface area contributed by atoms with Crippen LogP contribution in [0.25, 0.3) is 10.9 Å². The standard InChI is InChI=1S/C30H35ClFN5O2/c1-37(2)12-6-7-28(38)36-26-14-22-25(33-19-34-29(22)35-21-8-9-24(32)23(31)13-21)15-27(26)39-18-20-16-30(17-20)10-4-3-5-11-30/h6-9,13-15,19-20H,3-5,10-12,16-18H2,1-2H3,(H,36,38)(H,33,34,35). The maximum Gasteiger partial charge on any atom is 0.248 e. The number of halogens is 2. The summed E-state index contributed by atoms with van der Waals surface area (Å²) in [7, 11) is 3.89. The van der Waals surface area contributed by atoms with Crippen LogP contribution in [-0.2, 0) is 4.79 Å². The second-order valence-electron chi connectivity index (χ2n) is 11.1. The summed E-state index contributed by atoms with van der Waals surface area (Å²) in [4.78, 5) is 23.6. The fourth-order valence-electron chi connectivity index (χ4n) is 5.86. The van der Waals surface area contributed by atoms with Crippen LogP contribution >= 0.6 is 11.6 Å². The molecule has 2 saturated carbocycles. The fourth-order valence-corrected chi connectivity index (χ4v) is 6.04. The second kappa shape index (κ2) is 11.9. The predicted octanol–water partition coefficient (Wildman–Crippen LogP) is 6.96. The number of hydrogen-bond donors (Lipinski definition) is 2. The summed E-state index contributed by atoms with van der Waals surface area (Å²) in [6.45, 7) is 1.26. The van der Waals surface area contributed by atoms with Crippen molar-refractivity contribution < 1.29 is 13.9 Å². The third kappa shape index (κ3) is 6.68. The number of ether oxygens (including phenoxy) is 1.